The minimum absolute atomic E-state index is 0.210. The molecule has 20 heavy (non-hydrogen) atoms. The van der Waals surface area contributed by atoms with Gasteiger partial charge in [0.15, 0.2) is 0 Å². The molecule has 0 saturated heterocycles. The summed E-state index contributed by atoms with van der Waals surface area (Å²) in [6.07, 6.45) is 3.56. The van der Waals surface area contributed by atoms with Crippen molar-refractivity contribution in [2.24, 2.45) is 0 Å². The maximum absolute atomic E-state index is 14.3. The molecule has 0 amide bonds. The predicted molar refractivity (Wildman–Crippen MR) is 77.4 cm³/mol. The molecule has 1 unspecified atom stereocenters. The summed E-state index contributed by atoms with van der Waals surface area (Å²) >= 11 is 0. The molecule has 4 heteroatoms. The average Bonchev–Trinajstić information content (AvgIpc) is 2.45. The van der Waals surface area contributed by atoms with Gasteiger partial charge in [0.1, 0.15) is 11.6 Å². The van der Waals surface area contributed by atoms with E-state index in [1.54, 1.807) is 24.5 Å². The molecule has 0 fully saturated rings. The van der Waals surface area contributed by atoms with E-state index < -0.39 is 0 Å². The van der Waals surface area contributed by atoms with Crippen molar-refractivity contribution in [1.82, 2.24) is 10.3 Å². The van der Waals surface area contributed by atoms with E-state index in [1.165, 1.54) is 13.2 Å². The summed E-state index contributed by atoms with van der Waals surface area (Å²) in [6.45, 7) is 4.71. The fraction of sp³-hybridized carbons (Fsp3) is 0.312. The Hall–Kier alpha value is -1.94. The van der Waals surface area contributed by atoms with Gasteiger partial charge in [0.05, 0.1) is 13.2 Å². The minimum Gasteiger partial charge on any atom is -0.497 e. The highest BCUT2D eigenvalue weighted by Gasteiger charge is 2.18. The number of aromatic nitrogens is 1. The minimum atomic E-state index is -0.281. The molecule has 1 aromatic heterocycles. The lowest BCUT2D eigenvalue weighted by Crippen LogP contribution is -2.23. The molecule has 0 saturated carbocycles. The Morgan fingerprint density at radius 3 is 2.70 bits per heavy atom. The first kappa shape index (κ1) is 14.5. The van der Waals surface area contributed by atoms with Crippen LogP contribution >= 0.6 is 0 Å². The van der Waals surface area contributed by atoms with Crippen molar-refractivity contribution < 1.29 is 9.13 Å². The summed E-state index contributed by atoms with van der Waals surface area (Å²) in [6, 6.07) is 6.74. The number of aryl methyl sites for hydroxylation is 1. The van der Waals surface area contributed by atoms with Crippen LogP contribution in [0.3, 0.4) is 0 Å². The number of rotatable bonds is 5. The van der Waals surface area contributed by atoms with Crippen LogP contribution in [-0.4, -0.2) is 18.6 Å². The second-order valence-electron chi connectivity index (χ2n) is 4.67. The Kier molecular flexibility index (Phi) is 4.69. The average molecular weight is 274 g/mol. The summed E-state index contributed by atoms with van der Waals surface area (Å²) < 4.78 is 19.3. The van der Waals surface area contributed by atoms with Crippen LogP contribution in [-0.2, 0) is 0 Å². The molecule has 0 aliphatic carbocycles. The number of hydrogen-bond donors (Lipinski definition) is 1. The van der Waals surface area contributed by atoms with Crippen LogP contribution in [0.4, 0.5) is 4.39 Å². The summed E-state index contributed by atoms with van der Waals surface area (Å²) in [5.74, 6) is 0.237. The summed E-state index contributed by atoms with van der Waals surface area (Å²) in [7, 11) is 1.53. The molecule has 0 aliphatic rings. The largest absolute Gasteiger partial charge is 0.497 e. The van der Waals surface area contributed by atoms with Gasteiger partial charge in [0.2, 0.25) is 0 Å². The molecule has 2 aromatic rings. The molecule has 1 atom stereocenters. The van der Waals surface area contributed by atoms with Gasteiger partial charge in [-0.2, -0.15) is 0 Å². The molecule has 1 N–H and O–H groups in total. The van der Waals surface area contributed by atoms with E-state index in [1.807, 2.05) is 19.9 Å². The molecule has 0 radical (unpaired) electrons. The van der Waals surface area contributed by atoms with Gasteiger partial charge >= 0.3 is 0 Å². The highest BCUT2D eigenvalue weighted by Crippen LogP contribution is 2.27. The third kappa shape index (κ3) is 3.14. The lowest BCUT2D eigenvalue weighted by atomic mass is 9.98. The molecule has 2 rings (SSSR count). The molecule has 0 spiro atoms. The molecule has 1 aromatic carbocycles. The molecule has 3 nitrogen and oxygen atoms in total. The van der Waals surface area contributed by atoms with Gasteiger partial charge in [-0.1, -0.05) is 19.1 Å². The predicted octanol–water partition coefficient (Wildman–Crippen LogP) is 3.24. The Morgan fingerprint density at radius 2 is 2.10 bits per heavy atom. The van der Waals surface area contributed by atoms with Crippen molar-refractivity contribution in [2.45, 2.75) is 19.9 Å². The SMILES string of the molecule is CCNC(c1cncc(C)c1)c1ccc(OC)cc1F. The highest BCUT2D eigenvalue weighted by atomic mass is 19.1. The summed E-state index contributed by atoms with van der Waals surface area (Å²) in [5, 5.41) is 3.30. The van der Waals surface area contributed by atoms with Crippen LogP contribution in [0.2, 0.25) is 0 Å². The molecule has 1 heterocycles. The zero-order valence-corrected chi connectivity index (χ0v) is 12.0. The van der Waals surface area contributed by atoms with Crippen LogP contribution in [0.1, 0.15) is 29.7 Å². The highest BCUT2D eigenvalue weighted by molar-refractivity contribution is 5.36. The smallest absolute Gasteiger partial charge is 0.132 e. The van der Waals surface area contributed by atoms with Crippen molar-refractivity contribution in [3.63, 3.8) is 0 Å². The first-order valence-corrected chi connectivity index (χ1v) is 6.64. The Balaban J connectivity index is 2.43. The quantitative estimate of drug-likeness (QED) is 0.909. The van der Waals surface area contributed by atoms with Crippen molar-refractivity contribution in [3.8, 4) is 5.75 Å². The van der Waals surface area contributed by atoms with Crippen molar-refractivity contribution in [2.75, 3.05) is 13.7 Å². The standard InChI is InChI=1S/C16H19FN2O/c1-4-19-16(12-7-11(2)9-18-10-12)14-6-5-13(20-3)8-15(14)17/h5-10,16,19H,4H2,1-3H3. The van der Waals surface area contributed by atoms with Gasteiger partial charge in [-0.15, -0.1) is 0 Å². The van der Waals surface area contributed by atoms with Crippen molar-refractivity contribution in [3.05, 3.63) is 59.2 Å². The zero-order chi connectivity index (χ0) is 14.5. The van der Waals surface area contributed by atoms with Crippen LogP contribution in [0, 0.1) is 12.7 Å². The number of pyridine rings is 1. The van der Waals surface area contributed by atoms with Crippen molar-refractivity contribution >= 4 is 0 Å². The van der Waals surface area contributed by atoms with E-state index in [0.717, 1.165) is 17.7 Å². The summed E-state index contributed by atoms with van der Waals surface area (Å²) in [4.78, 5) is 4.19. The lowest BCUT2D eigenvalue weighted by Gasteiger charge is -2.20. The van der Waals surface area contributed by atoms with Gasteiger partial charge in [-0.25, -0.2) is 4.39 Å². The monoisotopic (exact) mass is 274 g/mol. The molecular formula is C16H19FN2O. The summed E-state index contributed by atoms with van der Waals surface area (Å²) in [5.41, 5.74) is 2.61. The number of benzene rings is 1. The third-order valence-corrected chi connectivity index (χ3v) is 3.16. The number of methoxy groups -OCH3 is 1. The number of ether oxygens (including phenoxy) is 1. The first-order chi connectivity index (χ1) is 9.65. The number of hydrogen-bond acceptors (Lipinski definition) is 3. The van der Waals surface area contributed by atoms with Crippen LogP contribution < -0.4 is 10.1 Å². The fourth-order valence-corrected chi connectivity index (χ4v) is 2.22. The van der Waals surface area contributed by atoms with E-state index in [2.05, 4.69) is 10.3 Å². The van der Waals surface area contributed by atoms with E-state index in [0.29, 0.717) is 11.3 Å². The second kappa shape index (κ2) is 6.48. The number of nitrogens with one attached hydrogen (secondary N) is 1. The normalized spacial score (nSPS) is 12.2. The first-order valence-electron chi connectivity index (χ1n) is 6.64. The molecule has 0 aliphatic heterocycles. The molecule has 106 valence electrons. The van der Waals surface area contributed by atoms with Gasteiger partial charge in [0, 0.05) is 24.0 Å². The van der Waals surface area contributed by atoms with Crippen LogP contribution in [0.15, 0.2) is 36.7 Å². The van der Waals surface area contributed by atoms with Gasteiger partial charge in [0.25, 0.3) is 0 Å². The van der Waals surface area contributed by atoms with E-state index >= 15 is 0 Å². The third-order valence-electron chi connectivity index (χ3n) is 3.16. The molecule has 0 bridgehead atoms. The van der Waals surface area contributed by atoms with Crippen LogP contribution in [0.25, 0.3) is 0 Å². The van der Waals surface area contributed by atoms with Gasteiger partial charge < -0.3 is 10.1 Å². The topological polar surface area (TPSA) is 34.2 Å². The van der Waals surface area contributed by atoms with E-state index in [-0.39, 0.29) is 11.9 Å². The van der Waals surface area contributed by atoms with Crippen LogP contribution in [0.5, 0.6) is 5.75 Å². The van der Waals surface area contributed by atoms with E-state index in [4.69, 9.17) is 4.74 Å². The maximum atomic E-state index is 14.3. The Labute approximate surface area is 118 Å². The Morgan fingerprint density at radius 1 is 1.30 bits per heavy atom. The number of halogens is 1. The fourth-order valence-electron chi connectivity index (χ4n) is 2.22. The van der Waals surface area contributed by atoms with Gasteiger partial charge in [-0.3, -0.25) is 4.98 Å². The molecular weight excluding hydrogens is 255 g/mol. The zero-order valence-electron chi connectivity index (χ0n) is 12.0. The van der Waals surface area contributed by atoms with Gasteiger partial charge in [-0.05, 0) is 30.7 Å². The maximum Gasteiger partial charge on any atom is 0.132 e. The lowest BCUT2D eigenvalue weighted by molar-refractivity contribution is 0.410. The second-order valence-corrected chi connectivity index (χ2v) is 4.67. The van der Waals surface area contributed by atoms with Crippen molar-refractivity contribution in [1.29, 1.82) is 0 Å². The number of nitrogens with zero attached hydrogens (tertiary/aromatic N) is 1. The van der Waals surface area contributed by atoms with E-state index in [9.17, 15) is 4.39 Å². The Bertz CT molecular complexity index is 586.